The van der Waals surface area contributed by atoms with E-state index in [0.29, 0.717) is 6.54 Å². The SMILES string of the molecule is COc1cccc(C(C)C(=O)NCC2=CCNCC2)c1. The molecule has 1 amide bonds. The molecule has 0 aromatic heterocycles. The van der Waals surface area contributed by atoms with Crippen molar-refractivity contribution in [2.45, 2.75) is 19.3 Å². The largest absolute Gasteiger partial charge is 0.497 e. The number of carbonyl (C=O) groups excluding carboxylic acids is 1. The van der Waals surface area contributed by atoms with Gasteiger partial charge in [0.1, 0.15) is 5.75 Å². The van der Waals surface area contributed by atoms with Gasteiger partial charge in [-0.2, -0.15) is 0 Å². The van der Waals surface area contributed by atoms with Gasteiger partial charge in [0, 0.05) is 13.1 Å². The van der Waals surface area contributed by atoms with Gasteiger partial charge < -0.3 is 15.4 Å². The number of hydrogen-bond acceptors (Lipinski definition) is 3. The Balaban J connectivity index is 1.92. The Bertz CT molecular complexity index is 497. The topological polar surface area (TPSA) is 50.4 Å². The Hall–Kier alpha value is -1.81. The lowest BCUT2D eigenvalue weighted by Crippen LogP contribution is -2.32. The minimum absolute atomic E-state index is 0.0534. The molecule has 0 aliphatic carbocycles. The number of amides is 1. The zero-order chi connectivity index (χ0) is 14.4. The molecule has 108 valence electrons. The molecule has 1 aliphatic rings. The number of benzene rings is 1. The zero-order valence-corrected chi connectivity index (χ0v) is 12.1. The maximum atomic E-state index is 12.2. The van der Waals surface area contributed by atoms with E-state index in [9.17, 15) is 4.79 Å². The van der Waals surface area contributed by atoms with Crippen LogP contribution in [0.1, 0.15) is 24.8 Å². The van der Waals surface area contributed by atoms with Crippen LogP contribution in [-0.2, 0) is 4.79 Å². The van der Waals surface area contributed by atoms with E-state index in [-0.39, 0.29) is 11.8 Å². The summed E-state index contributed by atoms with van der Waals surface area (Å²) in [6.45, 7) is 4.46. The first-order valence-corrected chi connectivity index (χ1v) is 7.01. The Kier molecular flexibility index (Phi) is 5.18. The molecule has 0 saturated heterocycles. The lowest BCUT2D eigenvalue weighted by molar-refractivity contribution is -0.122. The van der Waals surface area contributed by atoms with Crippen molar-refractivity contribution in [2.24, 2.45) is 0 Å². The lowest BCUT2D eigenvalue weighted by atomic mass is 10.00. The third-order valence-electron chi connectivity index (χ3n) is 3.63. The Labute approximate surface area is 120 Å². The van der Waals surface area contributed by atoms with Gasteiger partial charge in [0.05, 0.1) is 13.0 Å². The van der Waals surface area contributed by atoms with E-state index in [1.165, 1.54) is 5.57 Å². The molecule has 1 aromatic rings. The minimum Gasteiger partial charge on any atom is -0.497 e. The van der Waals surface area contributed by atoms with Gasteiger partial charge in [-0.05, 0) is 37.6 Å². The van der Waals surface area contributed by atoms with Gasteiger partial charge >= 0.3 is 0 Å². The molecule has 0 bridgehead atoms. The summed E-state index contributed by atoms with van der Waals surface area (Å²) in [6.07, 6.45) is 3.16. The van der Waals surface area contributed by atoms with Crippen LogP contribution in [0.15, 0.2) is 35.9 Å². The summed E-state index contributed by atoms with van der Waals surface area (Å²) < 4.78 is 5.19. The highest BCUT2D eigenvalue weighted by Gasteiger charge is 2.16. The van der Waals surface area contributed by atoms with Crippen LogP contribution in [0.2, 0.25) is 0 Å². The number of rotatable bonds is 5. The van der Waals surface area contributed by atoms with Gasteiger partial charge in [0.2, 0.25) is 5.91 Å². The van der Waals surface area contributed by atoms with Gasteiger partial charge in [0.25, 0.3) is 0 Å². The van der Waals surface area contributed by atoms with Gasteiger partial charge in [-0.15, -0.1) is 0 Å². The molecule has 1 aromatic carbocycles. The smallest absolute Gasteiger partial charge is 0.227 e. The van der Waals surface area contributed by atoms with Gasteiger partial charge in [-0.1, -0.05) is 23.8 Å². The summed E-state index contributed by atoms with van der Waals surface area (Å²) in [6, 6.07) is 7.66. The Morgan fingerprint density at radius 1 is 1.50 bits per heavy atom. The molecule has 4 nitrogen and oxygen atoms in total. The Morgan fingerprint density at radius 3 is 3.05 bits per heavy atom. The molecular weight excluding hydrogens is 252 g/mol. The van der Waals surface area contributed by atoms with Gasteiger partial charge in [-0.25, -0.2) is 0 Å². The van der Waals surface area contributed by atoms with Crippen LogP contribution in [0.25, 0.3) is 0 Å². The highest BCUT2D eigenvalue weighted by molar-refractivity contribution is 5.83. The molecule has 4 heteroatoms. The van der Waals surface area contributed by atoms with E-state index < -0.39 is 0 Å². The number of nitrogens with one attached hydrogen (secondary N) is 2. The number of methoxy groups -OCH3 is 1. The monoisotopic (exact) mass is 274 g/mol. The van der Waals surface area contributed by atoms with E-state index in [0.717, 1.165) is 30.8 Å². The Morgan fingerprint density at radius 2 is 2.35 bits per heavy atom. The van der Waals surface area contributed by atoms with Crippen molar-refractivity contribution >= 4 is 5.91 Å². The minimum atomic E-state index is -0.174. The molecule has 0 radical (unpaired) electrons. The normalized spacial score (nSPS) is 16.2. The van der Waals surface area contributed by atoms with E-state index in [4.69, 9.17) is 4.74 Å². The third-order valence-corrected chi connectivity index (χ3v) is 3.63. The molecule has 1 heterocycles. The van der Waals surface area contributed by atoms with Gasteiger partial charge in [-0.3, -0.25) is 4.79 Å². The predicted molar refractivity (Wildman–Crippen MR) is 80.0 cm³/mol. The average molecular weight is 274 g/mol. The molecule has 0 spiro atoms. The predicted octanol–water partition coefficient (Wildman–Crippen LogP) is 1.83. The first kappa shape index (κ1) is 14.6. The van der Waals surface area contributed by atoms with Crippen LogP contribution in [0, 0.1) is 0 Å². The molecule has 2 N–H and O–H groups in total. The van der Waals surface area contributed by atoms with Crippen molar-refractivity contribution in [1.29, 1.82) is 0 Å². The van der Waals surface area contributed by atoms with E-state index in [1.807, 2.05) is 31.2 Å². The summed E-state index contributed by atoms with van der Waals surface area (Å²) >= 11 is 0. The second-order valence-corrected chi connectivity index (χ2v) is 5.03. The fourth-order valence-corrected chi connectivity index (χ4v) is 2.25. The van der Waals surface area contributed by atoms with Crippen molar-refractivity contribution < 1.29 is 9.53 Å². The molecule has 1 unspecified atom stereocenters. The second kappa shape index (κ2) is 7.10. The summed E-state index contributed by atoms with van der Waals surface area (Å²) in [5.41, 5.74) is 2.27. The quantitative estimate of drug-likeness (QED) is 0.806. The summed E-state index contributed by atoms with van der Waals surface area (Å²) in [5, 5.41) is 6.27. The fraction of sp³-hybridized carbons (Fsp3) is 0.438. The average Bonchev–Trinajstić information content (AvgIpc) is 2.53. The van der Waals surface area contributed by atoms with E-state index in [2.05, 4.69) is 16.7 Å². The van der Waals surface area contributed by atoms with E-state index in [1.54, 1.807) is 7.11 Å². The zero-order valence-electron chi connectivity index (χ0n) is 12.1. The molecule has 1 aliphatic heterocycles. The third kappa shape index (κ3) is 3.84. The number of ether oxygens (including phenoxy) is 1. The first-order valence-electron chi connectivity index (χ1n) is 7.01. The van der Waals surface area contributed by atoms with Crippen LogP contribution in [-0.4, -0.2) is 32.7 Å². The van der Waals surface area contributed by atoms with Crippen LogP contribution >= 0.6 is 0 Å². The standard InChI is InChI=1S/C16H22N2O2/c1-12(14-4-3-5-15(10-14)20-2)16(19)18-11-13-6-8-17-9-7-13/h3-6,10,12,17H,7-9,11H2,1-2H3,(H,18,19). The van der Waals surface area contributed by atoms with Crippen molar-refractivity contribution in [2.75, 3.05) is 26.7 Å². The highest BCUT2D eigenvalue weighted by atomic mass is 16.5. The summed E-state index contributed by atoms with van der Waals surface area (Å²) in [5.74, 6) is 0.660. The maximum absolute atomic E-state index is 12.2. The lowest BCUT2D eigenvalue weighted by Gasteiger charge is -2.17. The van der Waals surface area contributed by atoms with Crippen molar-refractivity contribution in [3.8, 4) is 5.75 Å². The van der Waals surface area contributed by atoms with E-state index >= 15 is 0 Å². The van der Waals surface area contributed by atoms with Crippen LogP contribution in [0.5, 0.6) is 5.75 Å². The molecule has 1 atom stereocenters. The number of hydrogen-bond donors (Lipinski definition) is 2. The molecule has 2 rings (SSSR count). The first-order chi connectivity index (χ1) is 9.70. The summed E-state index contributed by atoms with van der Waals surface area (Å²) in [4.78, 5) is 12.2. The fourth-order valence-electron chi connectivity index (χ4n) is 2.25. The van der Waals surface area contributed by atoms with Crippen LogP contribution in [0.4, 0.5) is 0 Å². The molecule has 20 heavy (non-hydrogen) atoms. The van der Waals surface area contributed by atoms with Gasteiger partial charge in [0.15, 0.2) is 0 Å². The van der Waals surface area contributed by atoms with Crippen molar-refractivity contribution in [3.05, 3.63) is 41.5 Å². The number of carbonyl (C=O) groups is 1. The highest BCUT2D eigenvalue weighted by Crippen LogP contribution is 2.20. The molecular formula is C16H22N2O2. The summed E-state index contributed by atoms with van der Waals surface area (Å²) in [7, 11) is 1.63. The van der Waals surface area contributed by atoms with Crippen LogP contribution < -0.4 is 15.4 Å². The van der Waals surface area contributed by atoms with Crippen molar-refractivity contribution in [3.63, 3.8) is 0 Å². The molecule has 0 saturated carbocycles. The van der Waals surface area contributed by atoms with Crippen LogP contribution in [0.3, 0.4) is 0 Å². The maximum Gasteiger partial charge on any atom is 0.227 e. The molecule has 0 fully saturated rings. The second-order valence-electron chi connectivity index (χ2n) is 5.03. The van der Waals surface area contributed by atoms with Crippen molar-refractivity contribution in [1.82, 2.24) is 10.6 Å².